The van der Waals surface area contributed by atoms with Gasteiger partial charge < -0.3 is 4.57 Å². The van der Waals surface area contributed by atoms with Crippen molar-refractivity contribution >= 4 is 27.4 Å². The van der Waals surface area contributed by atoms with Gasteiger partial charge in [0.2, 0.25) is 0 Å². The second-order valence-electron chi connectivity index (χ2n) is 13.3. The molecule has 0 radical (unpaired) electrons. The molecule has 0 bridgehead atoms. The Labute approximate surface area is 315 Å². The van der Waals surface area contributed by atoms with E-state index in [9.17, 15) is 0 Å². The Morgan fingerprint density at radius 1 is 0.426 bits per heavy atom. The van der Waals surface area contributed by atoms with Crippen LogP contribution in [0.15, 0.2) is 195 Å². The molecule has 0 amide bonds. The van der Waals surface area contributed by atoms with Crippen LogP contribution in [0.5, 0.6) is 0 Å². The third-order valence-electron chi connectivity index (χ3n) is 10.1. The molecule has 2 aromatic heterocycles. The normalized spacial score (nSPS) is 11.6. The standard InChI is InChI=1S/C50H36N4/c1-3-34(4-2)36-18-24-40(25-19-36)48-51-49(41-26-20-37(21-27-41)35-12-6-5-7-13-35)53-50(52-48)42-28-22-38(23-29-42)39-30-32-43(33-31-39)54-46-16-10-8-14-44(46)45-15-9-11-17-47(45)54/h3-33H,1H2,2H3/b34-4+. The van der Waals surface area contributed by atoms with E-state index < -0.39 is 0 Å². The molecule has 7 aromatic carbocycles. The number of fused-ring (bicyclic) bond motifs is 3. The summed E-state index contributed by atoms with van der Waals surface area (Å²) < 4.78 is 2.34. The lowest BCUT2D eigenvalue weighted by Crippen LogP contribution is -2.00. The van der Waals surface area contributed by atoms with Gasteiger partial charge in [-0.15, -0.1) is 0 Å². The van der Waals surface area contributed by atoms with E-state index >= 15 is 0 Å². The Bertz CT molecular complexity index is 2740. The van der Waals surface area contributed by atoms with E-state index in [1.807, 2.05) is 19.1 Å². The topological polar surface area (TPSA) is 43.6 Å². The first kappa shape index (κ1) is 32.7. The molecule has 0 aliphatic carbocycles. The molecule has 0 fully saturated rings. The molecule has 0 N–H and O–H groups in total. The molecule has 4 heteroatoms. The number of hydrogen-bond acceptors (Lipinski definition) is 3. The van der Waals surface area contributed by atoms with Gasteiger partial charge in [0, 0.05) is 33.2 Å². The molecule has 9 rings (SSSR count). The van der Waals surface area contributed by atoms with Crippen LogP contribution in [0.3, 0.4) is 0 Å². The third-order valence-corrected chi connectivity index (χ3v) is 10.1. The van der Waals surface area contributed by atoms with Crippen molar-refractivity contribution in [1.82, 2.24) is 19.5 Å². The van der Waals surface area contributed by atoms with Crippen LogP contribution in [0.1, 0.15) is 12.5 Å². The van der Waals surface area contributed by atoms with Crippen LogP contribution in [-0.2, 0) is 0 Å². The summed E-state index contributed by atoms with van der Waals surface area (Å²) in [5.74, 6) is 1.88. The molecular formula is C50H36N4. The number of rotatable bonds is 8. The summed E-state index contributed by atoms with van der Waals surface area (Å²) in [5, 5.41) is 2.52. The summed E-state index contributed by atoms with van der Waals surface area (Å²) in [6, 6.07) is 61.6. The van der Waals surface area contributed by atoms with Crippen LogP contribution in [0, 0.1) is 0 Å². The Balaban J connectivity index is 1.06. The molecule has 0 atom stereocenters. The zero-order valence-electron chi connectivity index (χ0n) is 29.9. The minimum atomic E-state index is 0.624. The average molecular weight is 693 g/mol. The van der Waals surface area contributed by atoms with Crippen LogP contribution in [-0.4, -0.2) is 19.5 Å². The molecule has 0 aliphatic rings. The van der Waals surface area contributed by atoms with Crippen LogP contribution in [0.25, 0.3) is 89.5 Å². The molecule has 2 heterocycles. The fourth-order valence-electron chi connectivity index (χ4n) is 7.24. The molecular weight excluding hydrogens is 657 g/mol. The first-order chi connectivity index (χ1) is 26.7. The lowest BCUT2D eigenvalue weighted by molar-refractivity contribution is 1.07. The summed E-state index contributed by atoms with van der Waals surface area (Å²) in [6.07, 6.45) is 3.93. The number of nitrogens with zero attached hydrogens (tertiary/aromatic N) is 4. The molecule has 0 aliphatic heterocycles. The number of hydrogen-bond donors (Lipinski definition) is 0. The highest BCUT2D eigenvalue weighted by atomic mass is 15.0. The first-order valence-corrected chi connectivity index (χ1v) is 18.2. The van der Waals surface area contributed by atoms with Crippen molar-refractivity contribution in [3.8, 4) is 62.1 Å². The SMILES string of the molecule is C=C/C(=C\C)c1ccc(-c2nc(-c3ccc(-c4ccccc4)cc3)nc(-c3ccc(-c4ccc(-n5c6ccccc6c6ccccc65)cc4)cc3)n2)cc1. The van der Waals surface area contributed by atoms with Gasteiger partial charge >= 0.3 is 0 Å². The minimum Gasteiger partial charge on any atom is -0.309 e. The molecule has 0 unspecified atom stereocenters. The largest absolute Gasteiger partial charge is 0.309 e. The Morgan fingerprint density at radius 2 is 0.796 bits per heavy atom. The lowest BCUT2D eigenvalue weighted by atomic mass is 10.0. The van der Waals surface area contributed by atoms with Crippen LogP contribution >= 0.6 is 0 Å². The highest BCUT2D eigenvalue weighted by Gasteiger charge is 2.15. The monoisotopic (exact) mass is 692 g/mol. The van der Waals surface area contributed by atoms with Gasteiger partial charge in [0.1, 0.15) is 0 Å². The van der Waals surface area contributed by atoms with Crippen molar-refractivity contribution in [1.29, 1.82) is 0 Å². The van der Waals surface area contributed by atoms with Gasteiger partial charge in [0.15, 0.2) is 17.5 Å². The van der Waals surface area contributed by atoms with Crippen molar-refractivity contribution in [2.45, 2.75) is 6.92 Å². The molecule has 0 spiro atoms. The fraction of sp³-hybridized carbons (Fsp3) is 0.0200. The van der Waals surface area contributed by atoms with Crippen molar-refractivity contribution in [2.24, 2.45) is 0 Å². The van der Waals surface area contributed by atoms with Crippen LogP contribution in [0.2, 0.25) is 0 Å². The van der Waals surface area contributed by atoms with Crippen molar-refractivity contribution in [2.75, 3.05) is 0 Å². The highest BCUT2D eigenvalue weighted by Crippen LogP contribution is 2.34. The quantitative estimate of drug-likeness (QED) is 0.149. The van der Waals surface area contributed by atoms with Gasteiger partial charge in [-0.05, 0) is 64.6 Å². The van der Waals surface area contributed by atoms with Crippen molar-refractivity contribution < 1.29 is 0 Å². The predicted molar refractivity (Wildman–Crippen MR) is 225 cm³/mol. The average Bonchev–Trinajstić information content (AvgIpc) is 3.59. The first-order valence-electron chi connectivity index (χ1n) is 18.2. The zero-order chi connectivity index (χ0) is 36.4. The third kappa shape index (κ3) is 6.10. The molecule has 0 saturated heterocycles. The van der Waals surface area contributed by atoms with Crippen molar-refractivity contribution in [3.05, 3.63) is 200 Å². The number of allylic oxidation sites excluding steroid dienone is 3. The maximum Gasteiger partial charge on any atom is 0.164 e. The Morgan fingerprint density at radius 3 is 1.24 bits per heavy atom. The summed E-state index contributed by atoms with van der Waals surface area (Å²) in [4.78, 5) is 15.0. The van der Waals surface area contributed by atoms with E-state index in [4.69, 9.17) is 15.0 Å². The Kier molecular flexibility index (Phi) is 8.54. The molecule has 4 nitrogen and oxygen atoms in total. The number of aromatic nitrogens is 4. The fourth-order valence-corrected chi connectivity index (χ4v) is 7.24. The van der Waals surface area contributed by atoms with Gasteiger partial charge in [0.25, 0.3) is 0 Å². The zero-order valence-corrected chi connectivity index (χ0v) is 29.9. The molecule has 54 heavy (non-hydrogen) atoms. The molecule has 9 aromatic rings. The second kappa shape index (κ2) is 14.1. The van der Waals surface area contributed by atoms with Crippen LogP contribution < -0.4 is 0 Å². The summed E-state index contributed by atoms with van der Waals surface area (Å²) >= 11 is 0. The smallest absolute Gasteiger partial charge is 0.164 e. The van der Waals surface area contributed by atoms with Crippen LogP contribution in [0.4, 0.5) is 0 Å². The maximum atomic E-state index is 5.02. The van der Waals surface area contributed by atoms with E-state index in [0.29, 0.717) is 17.5 Å². The van der Waals surface area contributed by atoms with E-state index in [0.717, 1.165) is 50.2 Å². The van der Waals surface area contributed by atoms with E-state index in [1.165, 1.54) is 27.4 Å². The number of para-hydroxylation sites is 2. The second-order valence-corrected chi connectivity index (χ2v) is 13.3. The van der Waals surface area contributed by atoms with Gasteiger partial charge in [0.05, 0.1) is 11.0 Å². The lowest BCUT2D eigenvalue weighted by Gasteiger charge is -2.11. The highest BCUT2D eigenvalue weighted by molar-refractivity contribution is 6.09. The Hall–Kier alpha value is -7.17. The van der Waals surface area contributed by atoms with E-state index in [1.54, 1.807) is 0 Å². The number of benzene rings is 7. The van der Waals surface area contributed by atoms with E-state index in [2.05, 4.69) is 187 Å². The predicted octanol–water partition coefficient (Wildman–Crippen LogP) is 12.9. The summed E-state index contributed by atoms with van der Waals surface area (Å²) in [5.41, 5.74) is 13.1. The van der Waals surface area contributed by atoms with Gasteiger partial charge in [-0.2, -0.15) is 0 Å². The maximum absolute atomic E-state index is 5.02. The van der Waals surface area contributed by atoms with Gasteiger partial charge in [-0.1, -0.05) is 170 Å². The molecule has 0 saturated carbocycles. The summed E-state index contributed by atoms with van der Waals surface area (Å²) in [7, 11) is 0. The molecule has 256 valence electrons. The minimum absolute atomic E-state index is 0.624. The van der Waals surface area contributed by atoms with Gasteiger partial charge in [-0.3, -0.25) is 0 Å². The van der Waals surface area contributed by atoms with E-state index in [-0.39, 0.29) is 0 Å². The van der Waals surface area contributed by atoms with Crippen molar-refractivity contribution in [3.63, 3.8) is 0 Å². The summed E-state index contributed by atoms with van der Waals surface area (Å²) in [6.45, 7) is 5.98. The van der Waals surface area contributed by atoms with Gasteiger partial charge in [-0.25, -0.2) is 15.0 Å².